The van der Waals surface area contributed by atoms with Crippen molar-refractivity contribution in [1.29, 1.82) is 0 Å². The molecule has 4 saturated carbocycles. The first-order chi connectivity index (χ1) is 13.4. The summed E-state index contributed by atoms with van der Waals surface area (Å²) in [6.07, 6.45) is 7.76. The Morgan fingerprint density at radius 3 is 2.25 bits per heavy atom. The Labute approximate surface area is 163 Å². The Hall–Kier alpha value is -2.64. The predicted octanol–water partition coefficient (Wildman–Crippen LogP) is 3.00. The number of rotatable bonds is 5. The Bertz CT molecular complexity index is 787. The molecule has 4 fully saturated rings. The molecule has 8 heteroatoms. The number of nitro benzene ring substituents is 1. The first-order valence-electron chi connectivity index (χ1n) is 9.93. The zero-order valence-electron chi connectivity index (χ0n) is 16.0. The highest BCUT2D eigenvalue weighted by molar-refractivity contribution is 5.96. The minimum absolute atomic E-state index is 0.0940. The number of nitrogens with one attached hydrogen (secondary N) is 3. The van der Waals surface area contributed by atoms with Gasteiger partial charge in [0.1, 0.15) is 5.69 Å². The van der Waals surface area contributed by atoms with Gasteiger partial charge in [-0.1, -0.05) is 0 Å². The van der Waals surface area contributed by atoms with E-state index >= 15 is 0 Å². The molecule has 28 heavy (non-hydrogen) atoms. The molecule has 1 aromatic rings. The third-order valence-corrected chi connectivity index (χ3v) is 6.74. The molecule has 4 aliphatic rings. The summed E-state index contributed by atoms with van der Waals surface area (Å²) in [6, 6.07) is 4.16. The van der Waals surface area contributed by atoms with Crippen LogP contribution in [0.4, 0.5) is 11.4 Å². The number of nitro groups is 1. The van der Waals surface area contributed by atoms with Gasteiger partial charge in [0.25, 0.3) is 11.6 Å². The van der Waals surface area contributed by atoms with Gasteiger partial charge in [0.15, 0.2) is 0 Å². The van der Waals surface area contributed by atoms with Gasteiger partial charge < -0.3 is 5.32 Å². The van der Waals surface area contributed by atoms with Gasteiger partial charge in [0.05, 0.1) is 4.92 Å². The molecule has 5 rings (SSSR count). The number of hydrazine groups is 1. The quantitative estimate of drug-likeness (QED) is 0.532. The van der Waals surface area contributed by atoms with Crippen LogP contribution in [0.5, 0.6) is 0 Å². The first-order valence-corrected chi connectivity index (χ1v) is 9.93. The molecular formula is C20H26N4O4. The second-order valence-electron chi connectivity index (χ2n) is 8.84. The van der Waals surface area contributed by atoms with Crippen LogP contribution in [0.25, 0.3) is 0 Å². The van der Waals surface area contributed by atoms with E-state index in [1.807, 2.05) is 0 Å². The third-order valence-electron chi connectivity index (χ3n) is 6.74. The van der Waals surface area contributed by atoms with Gasteiger partial charge in [-0.3, -0.25) is 30.6 Å². The molecular weight excluding hydrogens is 360 g/mol. The molecule has 150 valence electrons. The smallest absolute Gasteiger partial charge is 0.293 e. The maximum atomic E-state index is 12.5. The largest absolute Gasteiger partial charge is 0.383 e. The fourth-order valence-corrected chi connectivity index (χ4v) is 6.13. The lowest BCUT2D eigenvalue weighted by Gasteiger charge is -2.56. The van der Waals surface area contributed by atoms with Crippen LogP contribution in [0, 0.1) is 33.3 Å². The molecule has 3 N–H and O–H groups in total. The van der Waals surface area contributed by atoms with Gasteiger partial charge in [0.2, 0.25) is 5.91 Å². The number of benzene rings is 1. The molecule has 0 aromatic heterocycles. The number of hydrogen-bond donors (Lipinski definition) is 3. The van der Waals surface area contributed by atoms with E-state index in [-0.39, 0.29) is 22.6 Å². The van der Waals surface area contributed by atoms with E-state index in [4.69, 9.17) is 0 Å². The summed E-state index contributed by atoms with van der Waals surface area (Å²) in [4.78, 5) is 35.4. The topological polar surface area (TPSA) is 113 Å². The Balaban J connectivity index is 1.36. The summed E-state index contributed by atoms with van der Waals surface area (Å²) in [6.45, 7) is 0. The summed E-state index contributed by atoms with van der Waals surface area (Å²) in [7, 11) is 1.58. The van der Waals surface area contributed by atoms with Crippen LogP contribution in [0.1, 0.15) is 55.3 Å². The summed E-state index contributed by atoms with van der Waals surface area (Å²) < 4.78 is 0. The number of carbonyl (C=O) groups excluding carboxylic acids is 2. The summed E-state index contributed by atoms with van der Waals surface area (Å²) in [5.41, 5.74) is 5.27. The van der Waals surface area contributed by atoms with Crippen molar-refractivity contribution in [3.8, 4) is 0 Å². The Morgan fingerprint density at radius 2 is 1.71 bits per heavy atom. The zero-order chi connectivity index (χ0) is 19.9. The minimum atomic E-state index is -0.565. The minimum Gasteiger partial charge on any atom is -0.383 e. The molecule has 4 bridgehead atoms. The van der Waals surface area contributed by atoms with Crippen molar-refractivity contribution in [3.63, 3.8) is 0 Å². The molecule has 1 aromatic carbocycles. The highest BCUT2D eigenvalue weighted by Gasteiger charge is 2.51. The van der Waals surface area contributed by atoms with Crippen LogP contribution in [0.3, 0.4) is 0 Å². The Kier molecular flexibility index (Phi) is 4.72. The molecule has 0 saturated heterocycles. The number of anilines is 1. The summed E-state index contributed by atoms with van der Waals surface area (Å²) in [5.74, 6) is 1.54. The highest BCUT2D eigenvalue weighted by atomic mass is 16.6. The van der Waals surface area contributed by atoms with Crippen molar-refractivity contribution >= 4 is 23.2 Å². The number of amides is 2. The van der Waals surface area contributed by atoms with E-state index in [9.17, 15) is 19.7 Å². The zero-order valence-corrected chi connectivity index (χ0v) is 16.0. The van der Waals surface area contributed by atoms with E-state index in [2.05, 4.69) is 16.2 Å². The lowest BCUT2D eigenvalue weighted by Crippen LogP contribution is -2.50. The van der Waals surface area contributed by atoms with Gasteiger partial charge in [-0.2, -0.15) is 0 Å². The standard InChI is InChI=1S/C20H26N4O4/c1-21-16-3-2-15(7-17(16)24(27)28)19(26)23-22-18(25)11-20-8-12-4-13(9-20)6-14(5-12)10-20/h2-3,7,12-14,21H,4-6,8-11H2,1H3,(H,22,25)(H,23,26). The molecule has 0 aliphatic heterocycles. The van der Waals surface area contributed by atoms with E-state index in [1.165, 1.54) is 37.5 Å². The Morgan fingerprint density at radius 1 is 1.11 bits per heavy atom. The molecule has 4 aliphatic carbocycles. The molecule has 0 radical (unpaired) electrons. The average Bonchev–Trinajstić information content (AvgIpc) is 2.64. The number of hydrogen-bond acceptors (Lipinski definition) is 5. The number of nitrogens with zero attached hydrogens (tertiary/aromatic N) is 1. The molecule has 0 unspecified atom stereocenters. The predicted molar refractivity (Wildman–Crippen MR) is 103 cm³/mol. The fourth-order valence-electron chi connectivity index (χ4n) is 6.13. The van der Waals surface area contributed by atoms with E-state index in [0.717, 1.165) is 37.0 Å². The monoisotopic (exact) mass is 386 g/mol. The molecule has 8 nitrogen and oxygen atoms in total. The van der Waals surface area contributed by atoms with Crippen molar-refractivity contribution in [2.24, 2.45) is 23.2 Å². The summed E-state index contributed by atoms with van der Waals surface area (Å²) in [5, 5.41) is 13.9. The van der Waals surface area contributed by atoms with Crippen LogP contribution < -0.4 is 16.2 Å². The molecule has 0 spiro atoms. The van der Waals surface area contributed by atoms with Crippen molar-refractivity contribution < 1.29 is 14.5 Å². The maximum absolute atomic E-state index is 12.5. The van der Waals surface area contributed by atoms with Gasteiger partial charge in [-0.15, -0.1) is 0 Å². The van der Waals surface area contributed by atoms with Crippen LogP contribution in [0.2, 0.25) is 0 Å². The number of carbonyl (C=O) groups is 2. The van der Waals surface area contributed by atoms with Gasteiger partial charge in [-0.05, 0) is 73.8 Å². The maximum Gasteiger partial charge on any atom is 0.293 e. The molecule has 0 heterocycles. The normalized spacial score (nSPS) is 30.0. The van der Waals surface area contributed by atoms with Crippen LogP contribution in [0.15, 0.2) is 18.2 Å². The second-order valence-corrected chi connectivity index (χ2v) is 8.84. The van der Waals surface area contributed by atoms with Crippen LogP contribution in [-0.2, 0) is 4.79 Å². The second kappa shape index (κ2) is 7.07. The van der Waals surface area contributed by atoms with E-state index in [0.29, 0.717) is 12.1 Å². The van der Waals surface area contributed by atoms with E-state index < -0.39 is 10.8 Å². The van der Waals surface area contributed by atoms with Crippen molar-refractivity contribution in [1.82, 2.24) is 10.9 Å². The van der Waals surface area contributed by atoms with Crippen molar-refractivity contribution in [2.75, 3.05) is 12.4 Å². The lowest BCUT2D eigenvalue weighted by molar-refractivity contribution is -0.384. The molecule has 0 atom stereocenters. The van der Waals surface area contributed by atoms with Crippen molar-refractivity contribution in [3.05, 3.63) is 33.9 Å². The first kappa shape index (κ1) is 18.7. The lowest BCUT2D eigenvalue weighted by atomic mass is 9.49. The SMILES string of the molecule is CNc1ccc(C(=O)NNC(=O)CC23CC4CC(CC(C4)C2)C3)cc1[N+](=O)[O-]. The summed E-state index contributed by atoms with van der Waals surface area (Å²) >= 11 is 0. The van der Waals surface area contributed by atoms with E-state index in [1.54, 1.807) is 7.05 Å². The van der Waals surface area contributed by atoms with Crippen LogP contribution >= 0.6 is 0 Å². The molecule has 2 amide bonds. The highest BCUT2D eigenvalue weighted by Crippen LogP contribution is 2.61. The average molecular weight is 386 g/mol. The van der Waals surface area contributed by atoms with Crippen LogP contribution in [-0.4, -0.2) is 23.8 Å². The van der Waals surface area contributed by atoms with Gasteiger partial charge in [0, 0.05) is 25.1 Å². The van der Waals surface area contributed by atoms with Crippen molar-refractivity contribution in [2.45, 2.75) is 44.9 Å². The third kappa shape index (κ3) is 3.55. The van der Waals surface area contributed by atoms with Gasteiger partial charge in [-0.25, -0.2) is 0 Å². The van der Waals surface area contributed by atoms with Gasteiger partial charge >= 0.3 is 0 Å². The fraction of sp³-hybridized carbons (Fsp3) is 0.600.